The molecule has 1 heterocycles. The van der Waals surface area contributed by atoms with Crippen LogP contribution in [0.5, 0.6) is 0 Å². The summed E-state index contributed by atoms with van der Waals surface area (Å²) in [5.41, 5.74) is 5.10. The van der Waals surface area contributed by atoms with E-state index >= 15 is 0 Å². The molecule has 0 bridgehead atoms. The van der Waals surface area contributed by atoms with Crippen molar-refractivity contribution in [2.75, 3.05) is 7.05 Å². The first-order valence-corrected chi connectivity index (χ1v) is 6.06. The highest BCUT2D eigenvalue weighted by atomic mass is 16.1. The van der Waals surface area contributed by atoms with Gasteiger partial charge in [0.1, 0.15) is 0 Å². The number of H-pyrrole nitrogens is 1. The Labute approximate surface area is 107 Å². The lowest BCUT2D eigenvalue weighted by Crippen LogP contribution is -2.14. The van der Waals surface area contributed by atoms with E-state index in [1.165, 1.54) is 11.1 Å². The van der Waals surface area contributed by atoms with E-state index in [9.17, 15) is 4.79 Å². The molecule has 0 saturated heterocycles. The summed E-state index contributed by atoms with van der Waals surface area (Å²) in [4.78, 5) is 11.9. The van der Waals surface area contributed by atoms with Crippen molar-refractivity contribution in [3.8, 4) is 5.69 Å². The van der Waals surface area contributed by atoms with Crippen molar-refractivity contribution >= 4 is 0 Å². The average Bonchev–Trinajstić information content (AvgIpc) is 2.56. The Bertz CT molecular complexity index is 602. The number of benzene rings is 1. The van der Waals surface area contributed by atoms with Gasteiger partial charge in [-0.1, -0.05) is 6.07 Å². The molecule has 0 unspecified atom stereocenters. The minimum absolute atomic E-state index is 0.0268. The lowest BCUT2D eigenvalue weighted by atomic mass is 10.1. The van der Waals surface area contributed by atoms with Gasteiger partial charge in [0.15, 0.2) is 0 Å². The van der Waals surface area contributed by atoms with Crippen molar-refractivity contribution < 1.29 is 0 Å². The normalized spacial score (nSPS) is 10.9. The number of hydrogen-bond donors (Lipinski definition) is 2. The van der Waals surface area contributed by atoms with Crippen LogP contribution in [0.3, 0.4) is 0 Å². The molecule has 0 aliphatic rings. The van der Waals surface area contributed by atoms with Crippen LogP contribution in [0.2, 0.25) is 0 Å². The van der Waals surface area contributed by atoms with E-state index < -0.39 is 0 Å². The topological polar surface area (TPSA) is 49.8 Å². The summed E-state index contributed by atoms with van der Waals surface area (Å²) in [6, 6.07) is 6.26. The van der Waals surface area contributed by atoms with Crippen molar-refractivity contribution in [2.45, 2.75) is 27.3 Å². The van der Waals surface area contributed by atoms with Gasteiger partial charge in [-0.3, -0.25) is 14.6 Å². The zero-order chi connectivity index (χ0) is 13.3. The van der Waals surface area contributed by atoms with E-state index in [0.29, 0.717) is 6.54 Å². The highest BCUT2D eigenvalue weighted by Crippen LogP contribution is 2.15. The second-order valence-electron chi connectivity index (χ2n) is 4.72. The third-order valence-corrected chi connectivity index (χ3v) is 3.08. The molecule has 0 aliphatic carbocycles. The third-order valence-electron chi connectivity index (χ3n) is 3.08. The first kappa shape index (κ1) is 12.6. The van der Waals surface area contributed by atoms with Crippen LogP contribution in [0.1, 0.15) is 22.4 Å². The molecule has 2 rings (SSSR count). The number of nitrogens with zero attached hydrogens (tertiary/aromatic N) is 1. The number of aryl methyl sites for hydroxylation is 2. The third kappa shape index (κ3) is 2.24. The molecule has 18 heavy (non-hydrogen) atoms. The number of nitrogens with one attached hydrogen (secondary N) is 2. The van der Waals surface area contributed by atoms with Gasteiger partial charge in [-0.2, -0.15) is 0 Å². The molecule has 0 atom stereocenters. The van der Waals surface area contributed by atoms with Crippen LogP contribution in [0.25, 0.3) is 5.69 Å². The van der Waals surface area contributed by atoms with Crippen LogP contribution in [-0.4, -0.2) is 16.8 Å². The molecule has 0 saturated carbocycles. The van der Waals surface area contributed by atoms with Gasteiger partial charge in [-0.05, 0) is 51.1 Å². The van der Waals surface area contributed by atoms with Gasteiger partial charge in [0, 0.05) is 12.2 Å². The van der Waals surface area contributed by atoms with Crippen LogP contribution in [0.15, 0.2) is 23.0 Å². The molecule has 2 aromatic rings. The van der Waals surface area contributed by atoms with Crippen molar-refractivity contribution in [2.24, 2.45) is 0 Å². The summed E-state index contributed by atoms with van der Waals surface area (Å²) < 4.78 is 1.86. The van der Waals surface area contributed by atoms with Gasteiger partial charge in [0.2, 0.25) is 0 Å². The molecule has 0 aliphatic heterocycles. The fraction of sp³-hybridized carbons (Fsp3) is 0.357. The first-order chi connectivity index (χ1) is 8.52. The highest BCUT2D eigenvalue weighted by molar-refractivity contribution is 5.40. The maximum atomic E-state index is 11.9. The van der Waals surface area contributed by atoms with E-state index in [4.69, 9.17) is 0 Å². The van der Waals surface area contributed by atoms with Gasteiger partial charge in [0.05, 0.1) is 11.3 Å². The number of hydrogen-bond acceptors (Lipinski definition) is 2. The van der Waals surface area contributed by atoms with Crippen molar-refractivity contribution in [3.63, 3.8) is 0 Å². The van der Waals surface area contributed by atoms with E-state index in [2.05, 4.69) is 42.5 Å². The Morgan fingerprint density at radius 1 is 1.17 bits per heavy atom. The standard InChI is InChI=1S/C14H19N3O/c1-9-5-10(2)7-12(6-9)17-11(3)13(8-15-4)14(18)16-17/h5-7,15H,8H2,1-4H3,(H,16,18). The smallest absolute Gasteiger partial charge is 0.269 e. The molecule has 1 aromatic carbocycles. The van der Waals surface area contributed by atoms with Crippen molar-refractivity contribution in [3.05, 3.63) is 50.9 Å². The quantitative estimate of drug-likeness (QED) is 0.866. The molecule has 4 nitrogen and oxygen atoms in total. The summed E-state index contributed by atoms with van der Waals surface area (Å²) in [7, 11) is 1.84. The molecule has 96 valence electrons. The van der Waals surface area contributed by atoms with Crippen LogP contribution in [0.4, 0.5) is 0 Å². The number of aromatic nitrogens is 2. The Kier molecular flexibility index (Phi) is 3.39. The van der Waals surface area contributed by atoms with E-state index in [1.807, 2.05) is 18.7 Å². The molecule has 0 spiro atoms. The van der Waals surface area contributed by atoms with Crippen molar-refractivity contribution in [1.82, 2.24) is 15.1 Å². The minimum atomic E-state index is -0.0268. The van der Waals surface area contributed by atoms with Crippen LogP contribution < -0.4 is 10.9 Å². The lowest BCUT2D eigenvalue weighted by molar-refractivity contribution is 0.800. The number of aromatic amines is 1. The van der Waals surface area contributed by atoms with Gasteiger partial charge >= 0.3 is 0 Å². The molecular formula is C14H19N3O. The monoisotopic (exact) mass is 245 g/mol. The van der Waals surface area contributed by atoms with E-state index in [-0.39, 0.29) is 5.56 Å². The zero-order valence-corrected chi connectivity index (χ0v) is 11.3. The molecular weight excluding hydrogens is 226 g/mol. The summed E-state index contributed by atoms with van der Waals surface area (Å²) in [5, 5.41) is 5.91. The largest absolute Gasteiger partial charge is 0.315 e. The summed E-state index contributed by atoms with van der Waals surface area (Å²) in [6.45, 7) is 6.66. The Morgan fingerprint density at radius 2 is 1.78 bits per heavy atom. The summed E-state index contributed by atoms with van der Waals surface area (Å²) in [6.07, 6.45) is 0. The maximum Gasteiger partial charge on any atom is 0.269 e. The summed E-state index contributed by atoms with van der Waals surface area (Å²) in [5.74, 6) is 0. The van der Waals surface area contributed by atoms with E-state index in [0.717, 1.165) is 16.9 Å². The molecule has 4 heteroatoms. The second kappa shape index (κ2) is 4.82. The molecule has 0 amide bonds. The van der Waals surface area contributed by atoms with Crippen LogP contribution >= 0.6 is 0 Å². The highest BCUT2D eigenvalue weighted by Gasteiger charge is 2.11. The van der Waals surface area contributed by atoms with Crippen LogP contribution in [0, 0.1) is 20.8 Å². The molecule has 0 fully saturated rings. The van der Waals surface area contributed by atoms with Crippen molar-refractivity contribution in [1.29, 1.82) is 0 Å². The van der Waals surface area contributed by atoms with E-state index in [1.54, 1.807) is 0 Å². The fourth-order valence-electron chi connectivity index (χ4n) is 2.28. The first-order valence-electron chi connectivity index (χ1n) is 6.06. The van der Waals surface area contributed by atoms with Gasteiger partial charge < -0.3 is 5.32 Å². The second-order valence-corrected chi connectivity index (χ2v) is 4.72. The van der Waals surface area contributed by atoms with Gasteiger partial charge in [-0.15, -0.1) is 0 Å². The zero-order valence-electron chi connectivity index (χ0n) is 11.3. The fourth-order valence-corrected chi connectivity index (χ4v) is 2.28. The molecule has 1 aromatic heterocycles. The Balaban J connectivity index is 2.57. The number of rotatable bonds is 3. The Hall–Kier alpha value is -1.81. The average molecular weight is 245 g/mol. The van der Waals surface area contributed by atoms with Crippen LogP contribution in [-0.2, 0) is 6.54 Å². The molecule has 2 N–H and O–H groups in total. The lowest BCUT2D eigenvalue weighted by Gasteiger charge is -2.08. The SMILES string of the molecule is CNCc1c(C)n(-c2cc(C)cc(C)c2)[nH]c1=O. The minimum Gasteiger partial charge on any atom is -0.315 e. The van der Waals surface area contributed by atoms with Gasteiger partial charge in [-0.25, -0.2) is 0 Å². The Morgan fingerprint density at radius 3 is 2.33 bits per heavy atom. The predicted molar refractivity (Wildman–Crippen MR) is 73.4 cm³/mol. The summed E-state index contributed by atoms with van der Waals surface area (Å²) >= 11 is 0. The van der Waals surface area contributed by atoms with Gasteiger partial charge in [0.25, 0.3) is 5.56 Å². The maximum absolute atomic E-state index is 11.9. The molecule has 0 radical (unpaired) electrons. The predicted octanol–water partition coefficient (Wildman–Crippen LogP) is 1.81.